The van der Waals surface area contributed by atoms with Crippen molar-refractivity contribution in [2.45, 2.75) is 31.7 Å². The minimum Gasteiger partial charge on any atom is -0.487 e. The van der Waals surface area contributed by atoms with Crippen LogP contribution in [0.25, 0.3) is 0 Å². The molecule has 0 bridgehead atoms. The summed E-state index contributed by atoms with van der Waals surface area (Å²) in [7, 11) is 3.39. The lowest BCUT2D eigenvalue weighted by atomic mass is 9.97. The van der Waals surface area contributed by atoms with Gasteiger partial charge in [-0.15, -0.1) is 0 Å². The zero-order valence-electron chi connectivity index (χ0n) is 14.9. The summed E-state index contributed by atoms with van der Waals surface area (Å²) in [5.74, 6) is 2.83. The monoisotopic (exact) mass is 336 g/mol. The number of ether oxygens (including phenoxy) is 4. The van der Waals surface area contributed by atoms with Crippen molar-refractivity contribution in [3.8, 4) is 5.75 Å². The molecule has 3 unspecified atom stereocenters. The number of anilines is 1. The van der Waals surface area contributed by atoms with Gasteiger partial charge in [0, 0.05) is 45.0 Å². The Kier molecular flexibility index (Phi) is 5.92. The Balaban J connectivity index is 1.72. The van der Waals surface area contributed by atoms with Gasteiger partial charge in [0.2, 0.25) is 0 Å². The summed E-state index contributed by atoms with van der Waals surface area (Å²) >= 11 is 0. The van der Waals surface area contributed by atoms with Crippen LogP contribution in [0, 0.1) is 5.92 Å². The molecule has 0 saturated carbocycles. The number of fused-ring (bicyclic) bond motifs is 3. The van der Waals surface area contributed by atoms with Crippen LogP contribution in [0.2, 0.25) is 0 Å². The molecule has 2 aliphatic rings. The highest BCUT2D eigenvalue weighted by molar-refractivity contribution is 5.60. The molecule has 0 spiro atoms. The van der Waals surface area contributed by atoms with E-state index in [1.807, 2.05) is 6.20 Å². The van der Waals surface area contributed by atoms with Crippen molar-refractivity contribution in [2.75, 3.05) is 52.3 Å². The van der Waals surface area contributed by atoms with Gasteiger partial charge in [-0.25, -0.2) is 4.98 Å². The van der Waals surface area contributed by atoms with Gasteiger partial charge in [-0.05, 0) is 24.8 Å². The van der Waals surface area contributed by atoms with Crippen LogP contribution in [-0.4, -0.2) is 58.4 Å². The van der Waals surface area contributed by atoms with Gasteiger partial charge in [-0.3, -0.25) is 0 Å². The molecule has 134 valence electrons. The molecule has 1 aromatic rings. The second-order valence-corrected chi connectivity index (χ2v) is 6.73. The van der Waals surface area contributed by atoms with E-state index in [9.17, 15) is 0 Å². The van der Waals surface area contributed by atoms with Crippen molar-refractivity contribution >= 4 is 5.82 Å². The molecule has 1 aromatic heterocycles. The van der Waals surface area contributed by atoms with Crippen molar-refractivity contribution in [1.29, 1.82) is 0 Å². The lowest BCUT2D eigenvalue weighted by molar-refractivity contribution is -0.0414. The summed E-state index contributed by atoms with van der Waals surface area (Å²) in [5, 5.41) is 0. The average molecular weight is 336 g/mol. The highest BCUT2D eigenvalue weighted by Gasteiger charge is 2.39. The fourth-order valence-corrected chi connectivity index (χ4v) is 3.67. The Morgan fingerprint density at radius 3 is 3.04 bits per heavy atom. The normalized spacial score (nSPS) is 23.5. The second kappa shape index (κ2) is 8.14. The number of hydrogen-bond acceptors (Lipinski definition) is 6. The van der Waals surface area contributed by atoms with E-state index in [-0.39, 0.29) is 0 Å². The van der Waals surface area contributed by atoms with Gasteiger partial charge in [0.05, 0.1) is 12.6 Å². The van der Waals surface area contributed by atoms with Crippen molar-refractivity contribution in [3.05, 3.63) is 17.8 Å². The van der Waals surface area contributed by atoms with E-state index < -0.39 is 0 Å². The molecule has 1 fully saturated rings. The van der Waals surface area contributed by atoms with E-state index in [0.29, 0.717) is 24.7 Å². The molecule has 0 aliphatic carbocycles. The van der Waals surface area contributed by atoms with E-state index in [1.165, 1.54) is 5.56 Å². The van der Waals surface area contributed by atoms with E-state index >= 15 is 0 Å². The Morgan fingerprint density at radius 2 is 2.25 bits per heavy atom. The van der Waals surface area contributed by atoms with Crippen molar-refractivity contribution < 1.29 is 18.9 Å². The van der Waals surface area contributed by atoms with Crippen LogP contribution >= 0.6 is 0 Å². The third-order valence-electron chi connectivity index (χ3n) is 4.95. The lowest BCUT2D eigenvalue weighted by Crippen LogP contribution is -2.39. The summed E-state index contributed by atoms with van der Waals surface area (Å²) in [5.41, 5.74) is 1.23. The van der Waals surface area contributed by atoms with Crippen LogP contribution in [-0.2, 0) is 14.2 Å². The molecule has 1 saturated heterocycles. The molecular weight excluding hydrogens is 308 g/mol. The van der Waals surface area contributed by atoms with Gasteiger partial charge in [-0.1, -0.05) is 6.92 Å². The molecule has 2 aliphatic heterocycles. The molecule has 3 heterocycles. The Morgan fingerprint density at radius 1 is 1.38 bits per heavy atom. The third kappa shape index (κ3) is 3.66. The van der Waals surface area contributed by atoms with Crippen LogP contribution in [0.5, 0.6) is 5.75 Å². The summed E-state index contributed by atoms with van der Waals surface area (Å²) in [6.45, 7) is 5.74. The fraction of sp³-hybridized carbons (Fsp3) is 0.722. The summed E-state index contributed by atoms with van der Waals surface area (Å²) in [6.07, 6.45) is 3.96. The predicted octanol–water partition coefficient (Wildman–Crippen LogP) is 2.43. The second-order valence-electron chi connectivity index (χ2n) is 6.73. The van der Waals surface area contributed by atoms with Crippen LogP contribution < -0.4 is 9.64 Å². The molecule has 3 atom stereocenters. The van der Waals surface area contributed by atoms with Crippen molar-refractivity contribution in [2.24, 2.45) is 5.92 Å². The van der Waals surface area contributed by atoms with Crippen LogP contribution in [0.15, 0.2) is 12.3 Å². The van der Waals surface area contributed by atoms with Gasteiger partial charge in [0.1, 0.15) is 13.4 Å². The van der Waals surface area contributed by atoms with Crippen LogP contribution in [0.1, 0.15) is 31.2 Å². The number of nitrogens with zero attached hydrogens (tertiary/aromatic N) is 2. The maximum atomic E-state index is 6.13. The number of rotatable bonds is 8. The minimum atomic E-state index is 0.355. The molecular formula is C18H28N2O4. The summed E-state index contributed by atoms with van der Waals surface area (Å²) in [4.78, 5) is 7.02. The Hall–Kier alpha value is -1.37. The smallest absolute Gasteiger partial charge is 0.172 e. The zero-order valence-corrected chi connectivity index (χ0v) is 14.9. The number of aromatic nitrogens is 1. The third-order valence-corrected chi connectivity index (χ3v) is 4.95. The van der Waals surface area contributed by atoms with E-state index in [1.54, 1.807) is 14.2 Å². The largest absolute Gasteiger partial charge is 0.487 e. The maximum absolute atomic E-state index is 6.13. The topological polar surface area (TPSA) is 53.1 Å². The predicted molar refractivity (Wildman–Crippen MR) is 91.7 cm³/mol. The van der Waals surface area contributed by atoms with Crippen LogP contribution in [0.4, 0.5) is 5.82 Å². The highest BCUT2D eigenvalue weighted by atomic mass is 16.7. The molecule has 24 heavy (non-hydrogen) atoms. The number of hydrogen-bond donors (Lipinski definition) is 0. The molecule has 0 radical (unpaired) electrons. The van der Waals surface area contributed by atoms with E-state index in [0.717, 1.165) is 50.8 Å². The van der Waals surface area contributed by atoms with Gasteiger partial charge >= 0.3 is 0 Å². The average Bonchev–Trinajstić information content (AvgIpc) is 3.02. The molecule has 6 heteroatoms. The number of pyridine rings is 1. The zero-order chi connectivity index (χ0) is 16.9. The van der Waals surface area contributed by atoms with E-state index in [2.05, 4.69) is 22.9 Å². The fourth-order valence-electron chi connectivity index (χ4n) is 3.67. The molecule has 6 nitrogen and oxygen atoms in total. The van der Waals surface area contributed by atoms with Gasteiger partial charge in [0.15, 0.2) is 11.6 Å². The Labute approximate surface area is 144 Å². The van der Waals surface area contributed by atoms with Gasteiger partial charge in [-0.2, -0.15) is 0 Å². The van der Waals surface area contributed by atoms with Gasteiger partial charge in [0.25, 0.3) is 0 Å². The quantitative estimate of drug-likeness (QED) is 0.537. The molecule has 0 N–H and O–H groups in total. The maximum Gasteiger partial charge on any atom is 0.172 e. The van der Waals surface area contributed by atoms with Gasteiger partial charge < -0.3 is 23.8 Å². The standard InChI is InChI=1S/C18H28N2O4/c1-13(5-7-21-2)16-4-6-19-18-17(16)24-11-15-8-14(9-20(15)18)10-23-12-22-3/h4,6,13-15H,5,7-12H2,1-3H3. The summed E-state index contributed by atoms with van der Waals surface area (Å²) < 4.78 is 21.9. The molecule has 0 aromatic carbocycles. The van der Waals surface area contributed by atoms with E-state index in [4.69, 9.17) is 18.9 Å². The first kappa shape index (κ1) is 17.5. The highest BCUT2D eigenvalue weighted by Crippen LogP contribution is 2.42. The molecule has 0 amide bonds. The SMILES string of the molecule is COCCC(C)c1ccnc2c1OCC1CC(COCOC)CN21. The molecule has 3 rings (SSSR count). The van der Waals surface area contributed by atoms with Crippen molar-refractivity contribution in [3.63, 3.8) is 0 Å². The minimum absolute atomic E-state index is 0.355. The van der Waals surface area contributed by atoms with Crippen LogP contribution in [0.3, 0.4) is 0 Å². The van der Waals surface area contributed by atoms with Crippen molar-refractivity contribution in [1.82, 2.24) is 4.98 Å². The lowest BCUT2D eigenvalue weighted by Gasteiger charge is -2.34. The Bertz CT molecular complexity index is 540. The number of methoxy groups -OCH3 is 2. The first-order chi connectivity index (χ1) is 11.7. The summed E-state index contributed by atoms with van der Waals surface area (Å²) in [6, 6.07) is 2.47. The first-order valence-electron chi connectivity index (χ1n) is 8.68. The first-order valence-corrected chi connectivity index (χ1v) is 8.68.